The third-order valence-electron chi connectivity index (χ3n) is 6.54. The third-order valence-corrected chi connectivity index (χ3v) is 6.54. The second-order valence-electron chi connectivity index (χ2n) is 8.96. The number of amides is 1. The van der Waals surface area contributed by atoms with Crippen LogP contribution in [0.25, 0.3) is 0 Å². The standard InChI is InChI=1S/C25H30F3N3O2/c26-25(27,28)19-8-5-18(6-9-19)17-3-1-2-4-21(10-7-17)33-22-11-12-23(30-16-22)24(32)31-20-13-14-29-15-20/h5-6,8-9,11-12,16-17,20-21,29H,1-4,7,10,13-15H2,(H,31,32)/t17?,20-,21?/m1/s1. The highest BCUT2D eigenvalue weighted by molar-refractivity contribution is 5.92. The minimum Gasteiger partial charge on any atom is -0.489 e. The molecule has 4 rings (SSSR count). The minimum atomic E-state index is -4.31. The number of carbonyl (C=O) groups excluding carboxylic acids is 1. The van der Waals surface area contributed by atoms with E-state index in [1.165, 1.54) is 12.1 Å². The van der Waals surface area contributed by atoms with Crippen molar-refractivity contribution in [3.63, 3.8) is 0 Å². The van der Waals surface area contributed by atoms with E-state index in [0.717, 1.165) is 63.6 Å². The Hall–Kier alpha value is -2.61. The van der Waals surface area contributed by atoms with E-state index in [1.54, 1.807) is 30.5 Å². The second-order valence-corrected chi connectivity index (χ2v) is 8.96. The van der Waals surface area contributed by atoms with Crippen LogP contribution < -0.4 is 15.4 Å². The summed E-state index contributed by atoms with van der Waals surface area (Å²) >= 11 is 0. The van der Waals surface area contributed by atoms with Crippen molar-refractivity contribution < 1.29 is 22.7 Å². The zero-order valence-corrected chi connectivity index (χ0v) is 18.5. The van der Waals surface area contributed by atoms with Gasteiger partial charge in [0, 0.05) is 12.6 Å². The van der Waals surface area contributed by atoms with Crippen LogP contribution in [0.15, 0.2) is 42.6 Å². The zero-order valence-electron chi connectivity index (χ0n) is 18.5. The van der Waals surface area contributed by atoms with Crippen LogP contribution in [-0.4, -0.2) is 36.1 Å². The largest absolute Gasteiger partial charge is 0.489 e. The van der Waals surface area contributed by atoms with Gasteiger partial charge in [-0.25, -0.2) is 4.98 Å². The average molecular weight is 462 g/mol. The van der Waals surface area contributed by atoms with E-state index in [9.17, 15) is 18.0 Å². The number of nitrogens with one attached hydrogen (secondary N) is 2. The monoisotopic (exact) mass is 461 g/mol. The van der Waals surface area contributed by atoms with E-state index < -0.39 is 11.7 Å². The molecule has 1 saturated heterocycles. The van der Waals surface area contributed by atoms with Crippen molar-refractivity contribution in [2.24, 2.45) is 0 Å². The lowest BCUT2D eigenvalue weighted by molar-refractivity contribution is -0.137. The highest BCUT2D eigenvalue weighted by atomic mass is 19.4. The quantitative estimate of drug-likeness (QED) is 0.652. The number of ether oxygens (including phenoxy) is 1. The van der Waals surface area contributed by atoms with E-state index in [4.69, 9.17) is 4.74 Å². The number of halogens is 3. The molecule has 2 N–H and O–H groups in total. The number of hydrogen-bond acceptors (Lipinski definition) is 4. The molecule has 5 nitrogen and oxygen atoms in total. The minimum absolute atomic E-state index is 0.0216. The fraction of sp³-hybridized carbons (Fsp3) is 0.520. The normalized spacial score (nSPS) is 24.0. The van der Waals surface area contributed by atoms with Crippen molar-refractivity contribution in [3.05, 3.63) is 59.4 Å². The van der Waals surface area contributed by atoms with Gasteiger partial charge in [0.1, 0.15) is 11.4 Å². The highest BCUT2D eigenvalue weighted by Gasteiger charge is 2.30. The van der Waals surface area contributed by atoms with E-state index >= 15 is 0 Å². The molecule has 1 aliphatic heterocycles. The summed E-state index contributed by atoms with van der Waals surface area (Å²) in [4.78, 5) is 16.6. The van der Waals surface area contributed by atoms with Crippen LogP contribution in [0.3, 0.4) is 0 Å². The fourth-order valence-corrected chi connectivity index (χ4v) is 4.65. The molecule has 0 radical (unpaired) electrons. The van der Waals surface area contributed by atoms with Crippen LogP contribution >= 0.6 is 0 Å². The lowest BCUT2D eigenvalue weighted by Crippen LogP contribution is -2.36. The number of carbonyl (C=O) groups is 1. The molecule has 0 bridgehead atoms. The van der Waals surface area contributed by atoms with Gasteiger partial charge in [-0.2, -0.15) is 13.2 Å². The second kappa shape index (κ2) is 10.5. The number of pyridine rings is 1. The van der Waals surface area contributed by atoms with E-state index in [-0.39, 0.29) is 24.0 Å². The van der Waals surface area contributed by atoms with Crippen molar-refractivity contribution in [1.29, 1.82) is 0 Å². The van der Waals surface area contributed by atoms with Crippen LogP contribution in [0.2, 0.25) is 0 Å². The lowest BCUT2D eigenvalue weighted by atomic mass is 9.85. The molecule has 1 amide bonds. The van der Waals surface area contributed by atoms with Crippen LogP contribution in [0, 0.1) is 0 Å². The number of hydrogen-bond donors (Lipinski definition) is 2. The summed E-state index contributed by atoms with van der Waals surface area (Å²) in [7, 11) is 0. The van der Waals surface area contributed by atoms with Gasteiger partial charge in [0.05, 0.1) is 17.9 Å². The molecule has 33 heavy (non-hydrogen) atoms. The fourth-order valence-electron chi connectivity index (χ4n) is 4.65. The smallest absolute Gasteiger partial charge is 0.416 e. The predicted octanol–water partition coefficient (Wildman–Crippen LogP) is 5.08. The maximum atomic E-state index is 12.9. The molecule has 3 atom stereocenters. The molecule has 2 fully saturated rings. The molecule has 178 valence electrons. The van der Waals surface area contributed by atoms with Crippen molar-refractivity contribution >= 4 is 5.91 Å². The van der Waals surface area contributed by atoms with Gasteiger partial charge >= 0.3 is 6.18 Å². The summed E-state index contributed by atoms with van der Waals surface area (Å²) in [5.41, 5.74) is 0.718. The summed E-state index contributed by atoms with van der Waals surface area (Å²) in [5, 5.41) is 6.19. The van der Waals surface area contributed by atoms with Crippen LogP contribution in [0.5, 0.6) is 5.75 Å². The van der Waals surface area contributed by atoms with Gasteiger partial charge in [-0.05, 0) is 80.8 Å². The van der Waals surface area contributed by atoms with E-state index in [0.29, 0.717) is 11.4 Å². The molecule has 1 saturated carbocycles. The number of alkyl halides is 3. The predicted molar refractivity (Wildman–Crippen MR) is 119 cm³/mol. The van der Waals surface area contributed by atoms with Crippen LogP contribution in [-0.2, 0) is 6.18 Å². The van der Waals surface area contributed by atoms with Gasteiger partial charge in [-0.1, -0.05) is 18.6 Å². The molecule has 2 aliphatic rings. The maximum Gasteiger partial charge on any atom is 0.416 e. The van der Waals surface area contributed by atoms with Gasteiger partial charge in [0.2, 0.25) is 0 Å². The summed E-state index contributed by atoms with van der Waals surface area (Å²) in [6.07, 6.45) is 3.82. The first-order valence-corrected chi connectivity index (χ1v) is 11.7. The van der Waals surface area contributed by atoms with Gasteiger partial charge in [-0.15, -0.1) is 0 Å². The first kappa shape index (κ1) is 23.5. The van der Waals surface area contributed by atoms with Gasteiger partial charge < -0.3 is 15.4 Å². The van der Waals surface area contributed by atoms with E-state index in [1.807, 2.05) is 0 Å². The van der Waals surface area contributed by atoms with Crippen molar-refractivity contribution in [2.75, 3.05) is 13.1 Å². The van der Waals surface area contributed by atoms with Crippen molar-refractivity contribution in [3.8, 4) is 5.75 Å². The molecular weight excluding hydrogens is 431 g/mol. The Morgan fingerprint density at radius 2 is 1.79 bits per heavy atom. The molecule has 2 unspecified atom stereocenters. The third kappa shape index (κ3) is 6.47. The van der Waals surface area contributed by atoms with Gasteiger partial charge in [-0.3, -0.25) is 4.79 Å². The summed E-state index contributed by atoms with van der Waals surface area (Å²) < 4.78 is 44.7. The molecule has 1 aromatic heterocycles. The molecule has 1 aromatic carbocycles. The van der Waals surface area contributed by atoms with E-state index in [2.05, 4.69) is 15.6 Å². The molecule has 2 heterocycles. The number of nitrogens with zero attached hydrogens (tertiary/aromatic N) is 1. The Balaban J connectivity index is 1.32. The number of benzene rings is 1. The molecular formula is C25H30F3N3O2. The van der Waals surface area contributed by atoms with Crippen molar-refractivity contribution in [2.45, 2.75) is 69.2 Å². The lowest BCUT2D eigenvalue weighted by Gasteiger charge is -2.26. The van der Waals surface area contributed by atoms with Crippen LogP contribution in [0.1, 0.15) is 72.5 Å². The zero-order chi connectivity index (χ0) is 23.3. The van der Waals surface area contributed by atoms with Gasteiger partial charge in [0.25, 0.3) is 5.91 Å². The molecule has 1 aliphatic carbocycles. The Morgan fingerprint density at radius 1 is 1.00 bits per heavy atom. The Labute approximate surface area is 192 Å². The number of rotatable bonds is 5. The Morgan fingerprint density at radius 3 is 2.45 bits per heavy atom. The SMILES string of the molecule is O=C(N[C@@H]1CCNC1)c1ccc(OC2CCCCC(c3ccc(C(F)(F)F)cc3)CC2)cn1. The first-order chi connectivity index (χ1) is 15.9. The summed E-state index contributed by atoms with van der Waals surface area (Å²) in [6, 6.07) is 9.18. The maximum absolute atomic E-state index is 12.9. The molecule has 8 heteroatoms. The highest BCUT2D eigenvalue weighted by Crippen LogP contribution is 2.35. The first-order valence-electron chi connectivity index (χ1n) is 11.7. The van der Waals surface area contributed by atoms with Crippen molar-refractivity contribution in [1.82, 2.24) is 15.6 Å². The number of aromatic nitrogens is 1. The Kier molecular flexibility index (Phi) is 7.53. The summed E-state index contributed by atoms with van der Waals surface area (Å²) in [6.45, 7) is 1.69. The summed E-state index contributed by atoms with van der Waals surface area (Å²) in [5.74, 6) is 0.680. The topological polar surface area (TPSA) is 63.2 Å². The van der Waals surface area contributed by atoms with Crippen LogP contribution in [0.4, 0.5) is 13.2 Å². The molecule has 0 spiro atoms. The molecule has 2 aromatic rings. The average Bonchev–Trinajstić information content (AvgIpc) is 3.29. The Bertz CT molecular complexity index is 910. The van der Waals surface area contributed by atoms with Gasteiger partial charge in [0.15, 0.2) is 0 Å².